The number of aromatic amines is 1. The Bertz CT molecular complexity index is 918. The number of carbonyl (C=O) groups excluding carboxylic acids is 1. The minimum Gasteiger partial charge on any atom is -0.497 e. The number of ether oxygens (including phenoxy) is 2. The summed E-state index contributed by atoms with van der Waals surface area (Å²) in [4.78, 5) is 23.4. The minimum atomic E-state index is -0.513. The maximum absolute atomic E-state index is 12.1. The molecule has 0 spiro atoms. The van der Waals surface area contributed by atoms with Crippen LogP contribution in [-0.2, 0) is 11.3 Å². The number of alkyl carbamates (subject to hydrolysis) is 1. The van der Waals surface area contributed by atoms with Crippen molar-refractivity contribution in [3.05, 3.63) is 30.1 Å². The summed E-state index contributed by atoms with van der Waals surface area (Å²) in [5.41, 5.74) is 0.389. The number of aliphatic imine (C=N–C) groups is 1. The molecule has 10 heteroatoms. The first-order chi connectivity index (χ1) is 15.3. The zero-order valence-electron chi connectivity index (χ0n) is 19.4. The normalized spacial score (nSPS) is 16.7. The Morgan fingerprint density at radius 3 is 2.72 bits per heavy atom. The molecule has 1 amide bonds. The number of guanidine groups is 1. The average molecular weight is 444 g/mol. The van der Waals surface area contributed by atoms with Crippen molar-refractivity contribution in [2.45, 2.75) is 52.3 Å². The summed E-state index contributed by atoms with van der Waals surface area (Å²) in [6, 6.07) is 7.60. The molecule has 1 aromatic carbocycles. The van der Waals surface area contributed by atoms with Crippen LogP contribution >= 0.6 is 0 Å². The van der Waals surface area contributed by atoms with Crippen LogP contribution in [0.25, 0.3) is 11.4 Å². The summed E-state index contributed by atoms with van der Waals surface area (Å²) in [5.74, 6) is 2.86. The summed E-state index contributed by atoms with van der Waals surface area (Å²) in [7, 11) is 1.63. The minimum absolute atomic E-state index is 0.0145. The first-order valence-electron chi connectivity index (χ1n) is 10.9. The highest BCUT2D eigenvalue weighted by Gasteiger charge is 2.27. The lowest BCUT2D eigenvalue weighted by Gasteiger charge is -2.23. The van der Waals surface area contributed by atoms with Gasteiger partial charge in [-0.1, -0.05) is 0 Å². The topological polar surface area (TPSA) is 117 Å². The third kappa shape index (κ3) is 6.60. The van der Waals surface area contributed by atoms with E-state index in [1.54, 1.807) is 7.11 Å². The van der Waals surface area contributed by atoms with Gasteiger partial charge >= 0.3 is 6.09 Å². The molecule has 1 aliphatic heterocycles. The molecule has 0 saturated carbocycles. The van der Waals surface area contributed by atoms with E-state index in [4.69, 9.17) is 14.5 Å². The number of nitrogens with one attached hydrogen (secondary N) is 3. The number of likely N-dealkylation sites (tertiary alicyclic amines) is 1. The lowest BCUT2D eigenvalue weighted by molar-refractivity contribution is 0.0507. The van der Waals surface area contributed by atoms with Crippen LogP contribution in [0.2, 0.25) is 0 Å². The molecule has 0 aliphatic carbocycles. The van der Waals surface area contributed by atoms with Gasteiger partial charge in [-0.05, 0) is 58.4 Å². The van der Waals surface area contributed by atoms with Crippen molar-refractivity contribution < 1.29 is 14.3 Å². The van der Waals surface area contributed by atoms with Crippen LogP contribution in [0.3, 0.4) is 0 Å². The maximum Gasteiger partial charge on any atom is 0.407 e. The Labute approximate surface area is 188 Å². The number of carbonyl (C=O) groups is 1. The number of benzene rings is 1. The van der Waals surface area contributed by atoms with Gasteiger partial charge < -0.3 is 25.0 Å². The zero-order valence-corrected chi connectivity index (χ0v) is 19.4. The monoisotopic (exact) mass is 443 g/mol. The second-order valence-corrected chi connectivity index (χ2v) is 8.58. The van der Waals surface area contributed by atoms with Crippen molar-refractivity contribution in [1.82, 2.24) is 30.7 Å². The molecule has 3 rings (SSSR count). The quantitative estimate of drug-likeness (QED) is 0.464. The number of rotatable bonds is 6. The second-order valence-electron chi connectivity index (χ2n) is 8.58. The molecule has 1 aliphatic rings. The van der Waals surface area contributed by atoms with Crippen LogP contribution in [0.5, 0.6) is 5.75 Å². The Kier molecular flexibility index (Phi) is 7.55. The van der Waals surface area contributed by atoms with Crippen molar-refractivity contribution in [1.29, 1.82) is 0 Å². The van der Waals surface area contributed by atoms with Crippen LogP contribution in [0, 0.1) is 0 Å². The number of hydrogen-bond donors (Lipinski definition) is 3. The number of hydrogen-bond acceptors (Lipinski definition) is 6. The smallest absolute Gasteiger partial charge is 0.407 e. The fourth-order valence-electron chi connectivity index (χ4n) is 3.36. The molecule has 10 nitrogen and oxygen atoms in total. The van der Waals surface area contributed by atoms with Crippen molar-refractivity contribution in [3.63, 3.8) is 0 Å². The van der Waals surface area contributed by atoms with E-state index in [9.17, 15) is 4.79 Å². The molecule has 0 radical (unpaired) electrons. The molecule has 174 valence electrons. The lowest BCUT2D eigenvalue weighted by Crippen LogP contribution is -2.44. The van der Waals surface area contributed by atoms with Gasteiger partial charge in [0.2, 0.25) is 0 Å². The van der Waals surface area contributed by atoms with Crippen LogP contribution < -0.4 is 15.4 Å². The van der Waals surface area contributed by atoms with Crippen molar-refractivity contribution in [3.8, 4) is 17.1 Å². The van der Waals surface area contributed by atoms with Crippen LogP contribution in [-0.4, -0.2) is 70.5 Å². The van der Waals surface area contributed by atoms with E-state index in [1.165, 1.54) is 0 Å². The molecule has 1 atom stereocenters. The summed E-state index contributed by atoms with van der Waals surface area (Å²) >= 11 is 0. The Morgan fingerprint density at radius 2 is 2.06 bits per heavy atom. The van der Waals surface area contributed by atoms with E-state index < -0.39 is 5.60 Å². The van der Waals surface area contributed by atoms with Crippen molar-refractivity contribution >= 4 is 12.1 Å². The van der Waals surface area contributed by atoms with Gasteiger partial charge in [0.1, 0.15) is 23.7 Å². The fraction of sp³-hybridized carbons (Fsp3) is 0.545. The second kappa shape index (κ2) is 10.3. The first-order valence-corrected chi connectivity index (χ1v) is 10.9. The van der Waals surface area contributed by atoms with Gasteiger partial charge in [-0.2, -0.15) is 5.10 Å². The van der Waals surface area contributed by atoms with E-state index in [1.807, 2.05) is 52.0 Å². The Balaban J connectivity index is 1.59. The molecule has 2 heterocycles. The van der Waals surface area contributed by atoms with Gasteiger partial charge in [0.25, 0.3) is 0 Å². The number of amides is 1. The third-order valence-electron chi connectivity index (χ3n) is 4.80. The van der Waals surface area contributed by atoms with Crippen molar-refractivity contribution in [2.24, 2.45) is 4.99 Å². The maximum atomic E-state index is 12.1. The molecular formula is C22H33N7O3. The van der Waals surface area contributed by atoms with E-state index in [0.29, 0.717) is 24.7 Å². The first kappa shape index (κ1) is 23.4. The molecule has 1 aromatic heterocycles. The number of aromatic nitrogens is 3. The number of H-pyrrole nitrogens is 1. The van der Waals surface area contributed by atoms with Gasteiger partial charge in [-0.15, -0.1) is 0 Å². The predicted octanol–water partition coefficient (Wildman–Crippen LogP) is 2.54. The van der Waals surface area contributed by atoms with Gasteiger partial charge in [-0.3, -0.25) is 5.10 Å². The predicted molar refractivity (Wildman–Crippen MR) is 123 cm³/mol. The average Bonchev–Trinajstić information content (AvgIpc) is 3.39. The molecule has 32 heavy (non-hydrogen) atoms. The van der Waals surface area contributed by atoms with Crippen LogP contribution in [0.4, 0.5) is 4.79 Å². The van der Waals surface area contributed by atoms with E-state index in [-0.39, 0.29) is 12.1 Å². The van der Waals surface area contributed by atoms with E-state index >= 15 is 0 Å². The largest absolute Gasteiger partial charge is 0.497 e. The number of methoxy groups -OCH3 is 1. The molecule has 1 saturated heterocycles. The summed E-state index contributed by atoms with van der Waals surface area (Å²) < 4.78 is 10.5. The fourth-order valence-corrected chi connectivity index (χ4v) is 3.36. The molecule has 3 N–H and O–H groups in total. The zero-order chi connectivity index (χ0) is 23.1. The van der Waals surface area contributed by atoms with E-state index in [2.05, 4.69) is 30.7 Å². The van der Waals surface area contributed by atoms with Gasteiger partial charge in [0.05, 0.1) is 13.2 Å². The Hall–Kier alpha value is -3.30. The van der Waals surface area contributed by atoms with Crippen LogP contribution in [0.15, 0.2) is 29.3 Å². The van der Waals surface area contributed by atoms with Gasteiger partial charge in [0.15, 0.2) is 11.8 Å². The summed E-state index contributed by atoms with van der Waals surface area (Å²) in [6.45, 7) is 10.2. The van der Waals surface area contributed by atoms with Crippen molar-refractivity contribution in [2.75, 3.05) is 26.7 Å². The molecule has 0 bridgehead atoms. The summed E-state index contributed by atoms with van der Waals surface area (Å²) in [6.07, 6.45) is 0.437. The SMILES string of the molecule is CCNC(=NCc1nc(-c2ccc(OC)cc2)n[nH]1)N1CCC(NC(=O)OC(C)(C)C)C1. The standard InChI is InChI=1S/C22H33N7O3/c1-6-23-20(29-12-11-16(14-29)25-21(30)32-22(2,3)4)24-13-18-26-19(28-27-18)15-7-9-17(31-5)10-8-15/h7-10,16H,6,11-14H2,1-5H3,(H,23,24)(H,25,30)(H,26,27,28). The molecule has 1 unspecified atom stereocenters. The Morgan fingerprint density at radius 1 is 1.31 bits per heavy atom. The van der Waals surface area contributed by atoms with Gasteiger partial charge in [0, 0.05) is 25.2 Å². The third-order valence-corrected chi connectivity index (χ3v) is 4.80. The molecule has 1 fully saturated rings. The molecule has 2 aromatic rings. The highest BCUT2D eigenvalue weighted by Crippen LogP contribution is 2.19. The lowest BCUT2D eigenvalue weighted by atomic mass is 10.2. The van der Waals surface area contributed by atoms with E-state index in [0.717, 1.165) is 36.8 Å². The highest BCUT2D eigenvalue weighted by atomic mass is 16.6. The molecular weight excluding hydrogens is 410 g/mol. The van der Waals surface area contributed by atoms with Gasteiger partial charge in [-0.25, -0.2) is 14.8 Å². The highest BCUT2D eigenvalue weighted by molar-refractivity contribution is 5.80. The van der Waals surface area contributed by atoms with Crippen LogP contribution in [0.1, 0.15) is 39.9 Å². The number of nitrogens with zero attached hydrogens (tertiary/aromatic N) is 4. The summed E-state index contributed by atoms with van der Waals surface area (Å²) in [5, 5.41) is 13.5.